The Labute approximate surface area is 175 Å². The van der Waals surface area contributed by atoms with Crippen LogP contribution in [0, 0.1) is 0 Å². The van der Waals surface area contributed by atoms with Gasteiger partial charge in [-0.25, -0.2) is 9.93 Å². The van der Waals surface area contributed by atoms with Gasteiger partial charge >= 0.3 is 0 Å². The third-order valence-corrected chi connectivity index (χ3v) is 8.40. The molecule has 0 radical (unpaired) electrons. The van der Waals surface area contributed by atoms with E-state index in [1.165, 1.54) is 140 Å². The molecular formula is C24H52S2. The molecule has 0 aliphatic rings. The zero-order chi connectivity index (χ0) is 19.1. The molecule has 0 aromatic heterocycles. The molecule has 0 atom stereocenters. The van der Waals surface area contributed by atoms with Crippen molar-refractivity contribution in [2.75, 3.05) is 11.5 Å². The molecule has 0 bridgehead atoms. The van der Waals surface area contributed by atoms with E-state index in [2.05, 4.69) is 13.8 Å². The van der Waals surface area contributed by atoms with E-state index in [1.54, 1.807) is 0 Å². The summed E-state index contributed by atoms with van der Waals surface area (Å²) < 4.78 is 0. The molecule has 26 heavy (non-hydrogen) atoms. The molecule has 0 saturated carbocycles. The maximum atomic E-state index is 4.88. The average molecular weight is 405 g/mol. The summed E-state index contributed by atoms with van der Waals surface area (Å²) in [6.07, 6.45) is 29.0. The van der Waals surface area contributed by atoms with E-state index in [1.807, 2.05) is 0 Å². The van der Waals surface area contributed by atoms with Crippen molar-refractivity contribution >= 4 is 21.6 Å². The van der Waals surface area contributed by atoms with Gasteiger partial charge in [-0.1, -0.05) is 129 Å². The molecule has 0 saturated heterocycles. The van der Waals surface area contributed by atoms with Crippen LogP contribution >= 0.6 is 21.6 Å². The van der Waals surface area contributed by atoms with E-state index in [0.717, 1.165) is 0 Å². The molecule has 0 amide bonds. The topological polar surface area (TPSA) is 0 Å². The predicted molar refractivity (Wildman–Crippen MR) is 131 cm³/mol. The summed E-state index contributed by atoms with van der Waals surface area (Å²) in [6, 6.07) is 0. The Balaban J connectivity index is 3.12. The number of rotatable bonds is 22. The van der Waals surface area contributed by atoms with Crippen molar-refractivity contribution in [3.63, 3.8) is 0 Å². The quantitative estimate of drug-likeness (QED) is 0.100. The van der Waals surface area contributed by atoms with E-state index in [4.69, 9.17) is 11.7 Å². The van der Waals surface area contributed by atoms with Crippen molar-refractivity contribution in [1.29, 1.82) is 0 Å². The summed E-state index contributed by atoms with van der Waals surface area (Å²) >= 11 is 4.88. The lowest BCUT2D eigenvalue weighted by atomic mass is 10.1. The molecule has 160 valence electrons. The van der Waals surface area contributed by atoms with Crippen molar-refractivity contribution in [3.05, 3.63) is 0 Å². The van der Waals surface area contributed by atoms with Crippen molar-refractivity contribution in [2.24, 2.45) is 0 Å². The van der Waals surface area contributed by atoms with Gasteiger partial charge in [0.25, 0.3) is 0 Å². The lowest BCUT2D eigenvalue weighted by Crippen LogP contribution is -1.91. The van der Waals surface area contributed by atoms with Crippen LogP contribution in [0.4, 0.5) is 0 Å². The Kier molecular flexibility index (Phi) is 24.4. The maximum absolute atomic E-state index is 4.88. The fourth-order valence-corrected chi connectivity index (χ4v) is 5.92. The molecule has 0 aliphatic heterocycles. The standard InChI is InChI=1S/C24H52S2/c1-3-5-7-9-11-13-15-17-19-21-23-26(25)24-22-20-18-16-14-12-10-8-6-4-2/h25-26H,3-24H2,1-2H3. The van der Waals surface area contributed by atoms with Gasteiger partial charge in [0.2, 0.25) is 0 Å². The van der Waals surface area contributed by atoms with E-state index >= 15 is 0 Å². The average Bonchev–Trinajstić information content (AvgIpc) is 2.64. The molecule has 0 fully saturated rings. The van der Waals surface area contributed by atoms with Crippen molar-refractivity contribution in [2.45, 2.75) is 142 Å². The molecule has 0 heterocycles. The largest absolute Gasteiger partial charge is 0.208 e. The van der Waals surface area contributed by atoms with Crippen LogP contribution < -0.4 is 0 Å². The lowest BCUT2D eigenvalue weighted by molar-refractivity contribution is 0.562. The van der Waals surface area contributed by atoms with Crippen molar-refractivity contribution in [1.82, 2.24) is 0 Å². The minimum atomic E-state index is 0.0448. The number of hydrogen-bond acceptors (Lipinski definition) is 1. The Morgan fingerprint density at radius 3 is 0.885 bits per heavy atom. The number of thiol groups is 2. The normalized spacial score (nSPS) is 11.9. The number of hydrogen-bond donors (Lipinski definition) is 2. The highest BCUT2D eigenvalue weighted by atomic mass is 33.1. The molecule has 0 unspecified atom stereocenters. The molecule has 0 nitrogen and oxygen atoms in total. The van der Waals surface area contributed by atoms with Gasteiger partial charge in [0, 0.05) is 0 Å². The SMILES string of the molecule is CCCCCCCCCCCC[SH](S)CCCCCCCCCCCC. The van der Waals surface area contributed by atoms with Gasteiger partial charge in [-0.15, -0.1) is 11.7 Å². The van der Waals surface area contributed by atoms with Gasteiger partial charge in [0.15, 0.2) is 0 Å². The minimum Gasteiger partial charge on any atom is -0.208 e. The summed E-state index contributed by atoms with van der Waals surface area (Å²) in [5, 5.41) is 0. The monoisotopic (exact) mass is 404 g/mol. The first-order chi connectivity index (χ1) is 12.8. The highest BCUT2D eigenvalue weighted by Gasteiger charge is 2.00. The second-order valence-electron chi connectivity index (χ2n) is 8.32. The van der Waals surface area contributed by atoms with Crippen LogP contribution in [0.25, 0.3) is 0 Å². The summed E-state index contributed by atoms with van der Waals surface area (Å²) in [6.45, 7) is 4.60. The predicted octanol–water partition coefficient (Wildman–Crippen LogP) is 9.67. The fraction of sp³-hybridized carbons (Fsp3) is 1.00. The summed E-state index contributed by atoms with van der Waals surface area (Å²) in [5.41, 5.74) is 0. The van der Waals surface area contributed by atoms with Gasteiger partial charge in [0.05, 0.1) is 0 Å². The first-order valence-electron chi connectivity index (χ1n) is 12.2. The Hall–Kier alpha value is 0.700. The van der Waals surface area contributed by atoms with Crippen LogP contribution in [-0.4, -0.2) is 11.5 Å². The first-order valence-corrected chi connectivity index (χ1v) is 15.1. The molecular weight excluding hydrogens is 352 g/mol. The maximum Gasteiger partial charge on any atom is -0.0170 e. The molecule has 0 aromatic rings. The molecule has 0 N–H and O–H groups in total. The van der Waals surface area contributed by atoms with Crippen molar-refractivity contribution in [3.8, 4) is 0 Å². The summed E-state index contributed by atoms with van der Waals surface area (Å²) in [4.78, 5) is 0. The van der Waals surface area contributed by atoms with Crippen LogP contribution in [0.5, 0.6) is 0 Å². The summed E-state index contributed by atoms with van der Waals surface area (Å²) in [5.74, 6) is 2.82. The molecule has 0 aliphatic carbocycles. The first kappa shape index (κ1) is 26.7. The van der Waals surface area contributed by atoms with Gasteiger partial charge < -0.3 is 0 Å². The van der Waals surface area contributed by atoms with E-state index in [9.17, 15) is 0 Å². The third-order valence-electron chi connectivity index (χ3n) is 5.54. The van der Waals surface area contributed by atoms with Crippen LogP contribution in [0.15, 0.2) is 0 Å². The van der Waals surface area contributed by atoms with Crippen LogP contribution in [0.3, 0.4) is 0 Å². The molecule has 0 aromatic carbocycles. The minimum absolute atomic E-state index is 0.0448. The summed E-state index contributed by atoms with van der Waals surface area (Å²) in [7, 11) is 0.0448. The van der Waals surface area contributed by atoms with Gasteiger partial charge in [-0.3, -0.25) is 0 Å². The zero-order valence-corrected chi connectivity index (χ0v) is 20.2. The highest BCUT2D eigenvalue weighted by molar-refractivity contribution is 8.78. The second kappa shape index (κ2) is 23.7. The van der Waals surface area contributed by atoms with Crippen LogP contribution in [-0.2, 0) is 0 Å². The van der Waals surface area contributed by atoms with Crippen LogP contribution in [0.2, 0.25) is 0 Å². The highest BCUT2D eigenvalue weighted by Crippen LogP contribution is 2.33. The third kappa shape index (κ3) is 22.7. The molecule has 0 spiro atoms. The van der Waals surface area contributed by atoms with E-state index in [0.29, 0.717) is 0 Å². The smallest absolute Gasteiger partial charge is 0.0170 e. The molecule has 2 heteroatoms. The van der Waals surface area contributed by atoms with E-state index < -0.39 is 0 Å². The second-order valence-corrected chi connectivity index (χ2v) is 11.9. The Morgan fingerprint density at radius 1 is 0.385 bits per heavy atom. The van der Waals surface area contributed by atoms with E-state index in [-0.39, 0.29) is 9.93 Å². The zero-order valence-electron chi connectivity index (χ0n) is 18.5. The van der Waals surface area contributed by atoms with Crippen molar-refractivity contribution < 1.29 is 0 Å². The Bertz CT molecular complexity index is 218. The molecule has 0 rings (SSSR count). The lowest BCUT2D eigenvalue weighted by Gasteiger charge is -2.14. The van der Waals surface area contributed by atoms with Gasteiger partial charge in [-0.2, -0.15) is 0 Å². The number of unbranched alkanes of at least 4 members (excludes halogenated alkanes) is 18. The van der Waals surface area contributed by atoms with Gasteiger partial charge in [-0.05, 0) is 24.3 Å². The Morgan fingerprint density at radius 2 is 0.615 bits per heavy atom. The van der Waals surface area contributed by atoms with Crippen LogP contribution in [0.1, 0.15) is 142 Å². The van der Waals surface area contributed by atoms with Gasteiger partial charge in [0.1, 0.15) is 0 Å². The fourth-order valence-electron chi connectivity index (χ4n) is 3.68.